The van der Waals surface area contributed by atoms with Gasteiger partial charge in [0.05, 0.1) is 22.6 Å². The maximum absolute atomic E-state index is 12.8. The minimum absolute atomic E-state index is 0.0203. The molecule has 5 heteroatoms. The van der Waals surface area contributed by atoms with E-state index in [9.17, 15) is 9.59 Å². The van der Waals surface area contributed by atoms with Crippen LogP contribution in [0.4, 0.5) is 0 Å². The number of hydrogen-bond donors (Lipinski definition) is 0. The molecule has 1 aromatic heterocycles. The molecular weight excluding hydrogens is 356 g/mol. The summed E-state index contributed by atoms with van der Waals surface area (Å²) in [7, 11) is 1.30. The van der Waals surface area contributed by atoms with E-state index in [2.05, 4.69) is 5.92 Å². The highest BCUT2D eigenvalue weighted by molar-refractivity contribution is 7.21. The summed E-state index contributed by atoms with van der Waals surface area (Å²) < 4.78 is 5.73. The first-order valence-electron chi connectivity index (χ1n) is 7.43. The van der Waals surface area contributed by atoms with Gasteiger partial charge in [-0.3, -0.25) is 4.79 Å². The number of carbonyl (C=O) groups is 2. The number of halogens is 1. The minimum Gasteiger partial charge on any atom is -0.465 e. The van der Waals surface area contributed by atoms with E-state index < -0.39 is 5.97 Å². The summed E-state index contributed by atoms with van der Waals surface area (Å²) in [6, 6.07) is 12.5. The first-order chi connectivity index (χ1) is 12.0. The molecule has 3 nitrogen and oxygen atoms in total. The zero-order chi connectivity index (χ0) is 18.0. The van der Waals surface area contributed by atoms with Crippen molar-refractivity contribution in [3.05, 3.63) is 69.1 Å². The second kappa shape index (κ2) is 7.10. The molecular formula is C20H13ClO3S. The van der Waals surface area contributed by atoms with Crippen LogP contribution < -0.4 is 0 Å². The largest absolute Gasteiger partial charge is 0.465 e. The lowest BCUT2D eigenvalue weighted by Crippen LogP contribution is -2.10. The molecule has 0 spiro atoms. The summed E-state index contributed by atoms with van der Waals surface area (Å²) in [4.78, 5) is 25.2. The number of terminal acetylenes is 1. The van der Waals surface area contributed by atoms with Crippen molar-refractivity contribution in [2.24, 2.45) is 0 Å². The number of carbonyl (C=O) groups excluding carboxylic acids is 2. The lowest BCUT2D eigenvalue weighted by molar-refractivity contribution is 0.0599. The number of Topliss-reactive ketones (excluding diaryl/α,β-unsaturated/α-hetero) is 1. The third kappa shape index (κ3) is 3.30. The SMILES string of the molecule is C#Cc1ccc(C(=O)OC)c(CC(=O)c2sc3ccccc3c2Cl)c1. The number of fused-ring (bicyclic) bond motifs is 1. The number of rotatable bonds is 4. The molecule has 124 valence electrons. The van der Waals surface area contributed by atoms with Crippen molar-refractivity contribution in [1.82, 2.24) is 0 Å². The molecule has 3 rings (SSSR count). The van der Waals surface area contributed by atoms with Crippen LogP contribution in [0.2, 0.25) is 5.02 Å². The Kier molecular flexibility index (Phi) is 4.89. The predicted molar refractivity (Wildman–Crippen MR) is 101 cm³/mol. The molecule has 0 N–H and O–H groups in total. The number of methoxy groups -OCH3 is 1. The van der Waals surface area contributed by atoms with Crippen LogP contribution >= 0.6 is 22.9 Å². The number of ketones is 1. The molecule has 0 unspecified atom stereocenters. The van der Waals surface area contributed by atoms with Crippen molar-refractivity contribution in [3.8, 4) is 12.3 Å². The summed E-state index contributed by atoms with van der Waals surface area (Å²) in [5.74, 6) is 1.84. The molecule has 0 saturated carbocycles. The van der Waals surface area contributed by atoms with Crippen LogP contribution in [0.15, 0.2) is 42.5 Å². The Morgan fingerprint density at radius 2 is 2.00 bits per heavy atom. The number of thiophene rings is 1. The zero-order valence-electron chi connectivity index (χ0n) is 13.3. The van der Waals surface area contributed by atoms with Crippen LogP contribution in [-0.4, -0.2) is 18.9 Å². The van der Waals surface area contributed by atoms with Gasteiger partial charge in [-0.15, -0.1) is 17.8 Å². The smallest absolute Gasteiger partial charge is 0.338 e. The van der Waals surface area contributed by atoms with Gasteiger partial charge in [0, 0.05) is 22.1 Å². The van der Waals surface area contributed by atoms with E-state index in [-0.39, 0.29) is 12.2 Å². The highest BCUT2D eigenvalue weighted by atomic mass is 35.5. The van der Waals surface area contributed by atoms with Crippen molar-refractivity contribution in [1.29, 1.82) is 0 Å². The second-order valence-corrected chi connectivity index (χ2v) is 6.78. The molecule has 0 atom stereocenters. The highest BCUT2D eigenvalue weighted by Crippen LogP contribution is 2.36. The van der Waals surface area contributed by atoms with E-state index in [1.165, 1.54) is 18.4 Å². The van der Waals surface area contributed by atoms with Crippen LogP contribution in [0, 0.1) is 12.3 Å². The summed E-state index contributed by atoms with van der Waals surface area (Å²) in [6.07, 6.45) is 5.44. The van der Waals surface area contributed by atoms with Gasteiger partial charge < -0.3 is 4.74 Å². The summed E-state index contributed by atoms with van der Waals surface area (Å²) in [5, 5.41) is 1.29. The molecule has 25 heavy (non-hydrogen) atoms. The molecule has 1 heterocycles. The molecule has 0 saturated heterocycles. The number of esters is 1. The standard InChI is InChI=1S/C20H13ClO3S/c1-3-12-8-9-14(20(23)24-2)13(10-12)11-16(22)19-18(21)15-6-4-5-7-17(15)25-19/h1,4-10H,11H2,2H3. The number of ether oxygens (including phenoxy) is 1. The maximum Gasteiger partial charge on any atom is 0.338 e. The van der Waals surface area contributed by atoms with Gasteiger partial charge in [0.2, 0.25) is 0 Å². The van der Waals surface area contributed by atoms with Gasteiger partial charge in [-0.25, -0.2) is 4.79 Å². The molecule has 0 fully saturated rings. The molecule has 0 radical (unpaired) electrons. The van der Waals surface area contributed by atoms with E-state index in [4.69, 9.17) is 22.8 Å². The topological polar surface area (TPSA) is 43.4 Å². The summed E-state index contributed by atoms with van der Waals surface area (Å²) >= 11 is 7.72. The molecule has 3 aromatic rings. The van der Waals surface area contributed by atoms with E-state index in [1.54, 1.807) is 18.2 Å². The average molecular weight is 369 g/mol. The van der Waals surface area contributed by atoms with Gasteiger partial charge in [0.1, 0.15) is 0 Å². The third-order valence-electron chi connectivity index (χ3n) is 3.82. The fraction of sp³-hybridized carbons (Fsp3) is 0.100. The van der Waals surface area contributed by atoms with Gasteiger partial charge in [0.25, 0.3) is 0 Å². The highest BCUT2D eigenvalue weighted by Gasteiger charge is 2.20. The summed E-state index contributed by atoms with van der Waals surface area (Å²) in [6.45, 7) is 0. The molecule has 0 aliphatic carbocycles. The Morgan fingerprint density at radius 1 is 1.24 bits per heavy atom. The molecule has 0 aliphatic rings. The Balaban J connectivity index is 2.01. The lowest BCUT2D eigenvalue weighted by atomic mass is 9.99. The van der Waals surface area contributed by atoms with Crippen LogP contribution in [0.1, 0.15) is 31.2 Å². The van der Waals surface area contributed by atoms with E-state index in [0.717, 1.165) is 10.1 Å². The van der Waals surface area contributed by atoms with Crippen molar-refractivity contribution >= 4 is 44.8 Å². The monoisotopic (exact) mass is 368 g/mol. The van der Waals surface area contributed by atoms with E-state index in [1.807, 2.05) is 24.3 Å². The van der Waals surface area contributed by atoms with Gasteiger partial charge in [-0.05, 0) is 29.8 Å². The Labute approximate surface area is 154 Å². The molecule has 2 aromatic carbocycles. The van der Waals surface area contributed by atoms with Crippen molar-refractivity contribution in [3.63, 3.8) is 0 Å². The van der Waals surface area contributed by atoms with Crippen molar-refractivity contribution in [2.75, 3.05) is 7.11 Å². The maximum atomic E-state index is 12.8. The normalized spacial score (nSPS) is 10.4. The fourth-order valence-electron chi connectivity index (χ4n) is 2.59. The fourth-order valence-corrected chi connectivity index (χ4v) is 4.06. The zero-order valence-corrected chi connectivity index (χ0v) is 14.9. The summed E-state index contributed by atoms with van der Waals surface area (Å²) in [5.41, 5.74) is 1.45. The second-order valence-electron chi connectivity index (χ2n) is 5.35. The van der Waals surface area contributed by atoms with Crippen molar-refractivity contribution in [2.45, 2.75) is 6.42 Å². The van der Waals surface area contributed by atoms with Gasteiger partial charge in [-0.1, -0.05) is 35.7 Å². The first-order valence-corrected chi connectivity index (χ1v) is 8.62. The number of hydrogen-bond acceptors (Lipinski definition) is 4. The molecule has 0 amide bonds. The minimum atomic E-state index is -0.506. The Morgan fingerprint density at radius 3 is 2.68 bits per heavy atom. The van der Waals surface area contributed by atoms with Crippen LogP contribution in [0.3, 0.4) is 0 Å². The average Bonchev–Trinajstić information content (AvgIpc) is 2.98. The molecule has 0 aliphatic heterocycles. The van der Waals surface area contributed by atoms with Gasteiger partial charge in [-0.2, -0.15) is 0 Å². The van der Waals surface area contributed by atoms with Crippen LogP contribution in [0.5, 0.6) is 0 Å². The Bertz CT molecular complexity index is 1030. The Hall–Kier alpha value is -2.61. The van der Waals surface area contributed by atoms with Crippen LogP contribution in [0.25, 0.3) is 10.1 Å². The van der Waals surface area contributed by atoms with Gasteiger partial charge in [0.15, 0.2) is 5.78 Å². The van der Waals surface area contributed by atoms with E-state index >= 15 is 0 Å². The lowest BCUT2D eigenvalue weighted by Gasteiger charge is -2.08. The number of benzene rings is 2. The van der Waals surface area contributed by atoms with Gasteiger partial charge >= 0.3 is 5.97 Å². The predicted octanol–water partition coefficient (Wildman–Crippen LogP) is 4.75. The first kappa shape index (κ1) is 17.2. The van der Waals surface area contributed by atoms with E-state index in [0.29, 0.717) is 26.6 Å². The van der Waals surface area contributed by atoms with Crippen LogP contribution in [-0.2, 0) is 11.2 Å². The molecule has 0 bridgehead atoms. The van der Waals surface area contributed by atoms with Crippen molar-refractivity contribution < 1.29 is 14.3 Å². The quantitative estimate of drug-likeness (QED) is 0.379. The third-order valence-corrected chi connectivity index (χ3v) is 5.53.